The lowest BCUT2D eigenvalue weighted by Crippen LogP contribution is -2.48. The van der Waals surface area contributed by atoms with E-state index in [1.165, 1.54) is 17.6 Å². The second-order valence-electron chi connectivity index (χ2n) is 6.53. The molecular formula is C17H19N5O3S2. The third kappa shape index (κ3) is 3.42. The summed E-state index contributed by atoms with van der Waals surface area (Å²) in [5, 5.41) is 4.95. The molecule has 27 heavy (non-hydrogen) atoms. The summed E-state index contributed by atoms with van der Waals surface area (Å²) in [6.07, 6.45) is 2.95. The number of carbonyl (C=O) groups is 1. The van der Waals surface area contributed by atoms with Gasteiger partial charge in [0.05, 0.1) is 9.60 Å². The van der Waals surface area contributed by atoms with E-state index in [4.69, 9.17) is 0 Å². The molecule has 0 spiro atoms. The first-order valence-corrected chi connectivity index (χ1v) is 11.2. The predicted octanol–water partition coefficient (Wildman–Crippen LogP) is 1.40. The van der Waals surface area contributed by atoms with Crippen LogP contribution < -0.4 is 4.90 Å². The lowest BCUT2D eigenvalue weighted by atomic mass is 10.3. The second-order valence-corrected chi connectivity index (χ2v) is 9.52. The number of nitrogens with zero attached hydrogens (tertiary/aromatic N) is 5. The molecule has 1 aliphatic rings. The van der Waals surface area contributed by atoms with Crippen LogP contribution in [-0.2, 0) is 16.9 Å². The molecule has 3 aromatic rings. The quantitative estimate of drug-likeness (QED) is 0.654. The number of para-hydroxylation sites is 1. The van der Waals surface area contributed by atoms with Gasteiger partial charge in [0, 0.05) is 45.7 Å². The monoisotopic (exact) mass is 405 g/mol. The molecule has 1 aliphatic heterocycles. The van der Waals surface area contributed by atoms with Crippen LogP contribution in [0.3, 0.4) is 0 Å². The van der Waals surface area contributed by atoms with Gasteiger partial charge < -0.3 is 9.80 Å². The van der Waals surface area contributed by atoms with E-state index in [0.717, 1.165) is 9.83 Å². The Labute approximate surface area is 160 Å². The highest BCUT2D eigenvalue weighted by Gasteiger charge is 2.26. The summed E-state index contributed by atoms with van der Waals surface area (Å²) < 4.78 is 26.4. The zero-order valence-electron chi connectivity index (χ0n) is 15.0. The number of piperazine rings is 1. The van der Waals surface area contributed by atoms with Crippen molar-refractivity contribution in [3.63, 3.8) is 0 Å². The van der Waals surface area contributed by atoms with Crippen molar-refractivity contribution >= 4 is 42.4 Å². The number of amides is 1. The van der Waals surface area contributed by atoms with E-state index in [1.807, 2.05) is 6.07 Å². The van der Waals surface area contributed by atoms with Crippen molar-refractivity contribution < 1.29 is 13.2 Å². The molecule has 0 radical (unpaired) electrons. The maximum absolute atomic E-state index is 12.5. The summed E-state index contributed by atoms with van der Waals surface area (Å²) >= 11 is 1.47. The first kappa shape index (κ1) is 17.9. The van der Waals surface area contributed by atoms with Gasteiger partial charge in [-0.2, -0.15) is 5.10 Å². The fraction of sp³-hybridized carbons (Fsp3) is 0.353. The van der Waals surface area contributed by atoms with E-state index in [1.54, 1.807) is 41.0 Å². The van der Waals surface area contributed by atoms with Crippen molar-refractivity contribution in [1.29, 1.82) is 0 Å². The lowest BCUT2D eigenvalue weighted by molar-refractivity contribution is 0.0740. The van der Waals surface area contributed by atoms with Gasteiger partial charge in [-0.05, 0) is 18.2 Å². The number of anilines is 1. The maximum Gasteiger partial charge on any atom is 0.274 e. The number of aryl methyl sites for hydroxylation is 1. The van der Waals surface area contributed by atoms with Gasteiger partial charge in [0.2, 0.25) is 0 Å². The Morgan fingerprint density at radius 2 is 1.89 bits per heavy atom. The van der Waals surface area contributed by atoms with Crippen LogP contribution in [-0.4, -0.2) is 66.4 Å². The molecule has 0 bridgehead atoms. The minimum Gasteiger partial charge on any atom is -0.345 e. The summed E-state index contributed by atoms with van der Waals surface area (Å²) in [5.74, 6) is -0.0705. The fourth-order valence-corrected chi connectivity index (χ4v) is 5.08. The highest BCUT2D eigenvalue weighted by molar-refractivity contribution is 7.91. The predicted molar refractivity (Wildman–Crippen MR) is 104 cm³/mol. The molecule has 4 rings (SSSR count). The molecule has 1 saturated heterocycles. The summed E-state index contributed by atoms with van der Waals surface area (Å²) in [4.78, 5) is 21.2. The summed E-state index contributed by atoms with van der Waals surface area (Å²) in [5.41, 5.74) is 0.968. The zero-order chi connectivity index (χ0) is 19.2. The van der Waals surface area contributed by atoms with Gasteiger partial charge in [-0.3, -0.25) is 9.48 Å². The van der Waals surface area contributed by atoms with Gasteiger partial charge in [-0.25, -0.2) is 13.4 Å². The van der Waals surface area contributed by atoms with Gasteiger partial charge in [0.1, 0.15) is 11.2 Å². The highest BCUT2D eigenvalue weighted by Crippen LogP contribution is 2.33. The Balaban J connectivity index is 1.52. The largest absolute Gasteiger partial charge is 0.345 e. The number of carbonyl (C=O) groups excluding carboxylic acids is 1. The molecule has 0 saturated carbocycles. The molecule has 1 fully saturated rings. The van der Waals surface area contributed by atoms with Gasteiger partial charge in [0.15, 0.2) is 15.0 Å². The normalized spacial score (nSPS) is 15.5. The molecule has 1 aromatic carbocycles. The van der Waals surface area contributed by atoms with Crippen LogP contribution in [0.1, 0.15) is 10.5 Å². The van der Waals surface area contributed by atoms with Crippen LogP contribution in [0.2, 0.25) is 0 Å². The standard InChI is InChI=1S/C17H19N5O3S2/c1-20-7-6-12(19-20)16(23)21-8-10-22(11-9-21)17-18-15-13(26-17)4-3-5-14(15)27(2,24)25/h3-7H,8-11H2,1-2H3. The van der Waals surface area contributed by atoms with E-state index >= 15 is 0 Å². The smallest absolute Gasteiger partial charge is 0.274 e. The van der Waals surface area contributed by atoms with Crippen LogP contribution in [0.4, 0.5) is 5.13 Å². The van der Waals surface area contributed by atoms with Crippen molar-refractivity contribution in [2.24, 2.45) is 7.05 Å². The Morgan fingerprint density at radius 1 is 1.15 bits per heavy atom. The molecule has 0 atom stereocenters. The van der Waals surface area contributed by atoms with Crippen molar-refractivity contribution in [2.75, 3.05) is 37.3 Å². The van der Waals surface area contributed by atoms with Crippen LogP contribution in [0, 0.1) is 0 Å². The average molecular weight is 406 g/mol. The van der Waals surface area contributed by atoms with Crippen molar-refractivity contribution in [3.8, 4) is 0 Å². The van der Waals surface area contributed by atoms with Crippen molar-refractivity contribution in [2.45, 2.75) is 4.90 Å². The molecular weight excluding hydrogens is 386 g/mol. The Morgan fingerprint density at radius 3 is 2.52 bits per heavy atom. The Kier molecular flexibility index (Phi) is 4.39. The minimum atomic E-state index is -3.33. The van der Waals surface area contributed by atoms with E-state index in [2.05, 4.69) is 15.0 Å². The van der Waals surface area contributed by atoms with Gasteiger partial charge in [-0.15, -0.1) is 0 Å². The average Bonchev–Trinajstić information content (AvgIpc) is 3.26. The molecule has 0 unspecified atom stereocenters. The molecule has 2 aromatic heterocycles. The van der Waals surface area contributed by atoms with Gasteiger partial charge >= 0.3 is 0 Å². The molecule has 10 heteroatoms. The number of sulfone groups is 1. The van der Waals surface area contributed by atoms with E-state index in [-0.39, 0.29) is 10.8 Å². The first-order valence-electron chi connectivity index (χ1n) is 8.46. The number of fused-ring (bicyclic) bond motifs is 1. The minimum absolute atomic E-state index is 0.0705. The SMILES string of the molecule is Cn1ccc(C(=O)N2CCN(c3nc4c(S(C)(=O)=O)cccc4s3)CC2)n1. The third-order valence-corrected chi connectivity index (χ3v) is 6.75. The Hall–Kier alpha value is -2.46. The molecule has 142 valence electrons. The molecule has 3 heterocycles. The molecule has 0 N–H and O–H groups in total. The fourth-order valence-electron chi connectivity index (χ4n) is 3.14. The number of hydrogen-bond acceptors (Lipinski definition) is 7. The van der Waals surface area contributed by atoms with Crippen molar-refractivity contribution in [3.05, 3.63) is 36.2 Å². The number of benzene rings is 1. The number of aromatic nitrogens is 3. The van der Waals surface area contributed by atoms with Crippen LogP contribution >= 0.6 is 11.3 Å². The van der Waals surface area contributed by atoms with Crippen LogP contribution in [0.25, 0.3) is 10.2 Å². The van der Waals surface area contributed by atoms with E-state index < -0.39 is 9.84 Å². The number of rotatable bonds is 3. The van der Waals surface area contributed by atoms with Gasteiger partial charge in [-0.1, -0.05) is 17.4 Å². The summed E-state index contributed by atoms with van der Waals surface area (Å²) in [6.45, 7) is 2.44. The lowest BCUT2D eigenvalue weighted by Gasteiger charge is -2.34. The van der Waals surface area contributed by atoms with Crippen LogP contribution in [0.15, 0.2) is 35.4 Å². The zero-order valence-corrected chi connectivity index (χ0v) is 16.6. The van der Waals surface area contributed by atoms with E-state index in [9.17, 15) is 13.2 Å². The molecule has 1 amide bonds. The second kappa shape index (κ2) is 6.61. The van der Waals surface area contributed by atoms with Crippen LogP contribution in [0.5, 0.6) is 0 Å². The first-order chi connectivity index (χ1) is 12.8. The summed E-state index contributed by atoms with van der Waals surface area (Å²) in [7, 11) is -1.55. The maximum atomic E-state index is 12.5. The Bertz CT molecular complexity index is 1110. The third-order valence-electron chi connectivity index (χ3n) is 4.54. The summed E-state index contributed by atoms with van der Waals surface area (Å²) in [6, 6.07) is 6.93. The molecule has 0 aliphatic carbocycles. The topological polar surface area (TPSA) is 88.4 Å². The number of hydrogen-bond donors (Lipinski definition) is 0. The van der Waals surface area contributed by atoms with Crippen molar-refractivity contribution in [1.82, 2.24) is 19.7 Å². The molecule has 8 nitrogen and oxygen atoms in total. The van der Waals surface area contributed by atoms with E-state index in [0.29, 0.717) is 37.4 Å². The number of thiazole rings is 1. The highest BCUT2D eigenvalue weighted by atomic mass is 32.2. The van der Waals surface area contributed by atoms with Gasteiger partial charge in [0.25, 0.3) is 5.91 Å².